The molecule has 0 aliphatic heterocycles. The molecule has 0 amide bonds. The third kappa shape index (κ3) is 2.55. The second kappa shape index (κ2) is 5.51. The summed E-state index contributed by atoms with van der Waals surface area (Å²) in [6.07, 6.45) is 9.59. The first kappa shape index (κ1) is 13.1. The fraction of sp³-hybridized carbons (Fsp3) is 0.600. The minimum Gasteiger partial charge on any atom is -0.356 e. The van der Waals surface area contributed by atoms with Gasteiger partial charge in [-0.3, -0.25) is 0 Å². The molecular formula is C15H23N3. The third-order valence-corrected chi connectivity index (χ3v) is 3.81. The lowest BCUT2D eigenvalue weighted by Gasteiger charge is -2.40. The Kier molecular flexibility index (Phi) is 4.00. The van der Waals surface area contributed by atoms with E-state index < -0.39 is 0 Å². The highest BCUT2D eigenvalue weighted by molar-refractivity contribution is 5.65. The van der Waals surface area contributed by atoms with Crippen LogP contribution < -0.4 is 4.90 Å². The van der Waals surface area contributed by atoms with E-state index in [2.05, 4.69) is 54.8 Å². The number of rotatable bonds is 4. The molecule has 18 heavy (non-hydrogen) atoms. The number of hydrogen-bond acceptors (Lipinski definition) is 3. The van der Waals surface area contributed by atoms with E-state index in [0.29, 0.717) is 6.04 Å². The highest BCUT2D eigenvalue weighted by Gasteiger charge is 2.30. The molecule has 98 valence electrons. The van der Waals surface area contributed by atoms with Crippen molar-refractivity contribution in [2.45, 2.75) is 46.1 Å². The lowest BCUT2D eigenvalue weighted by molar-refractivity contribution is 0.280. The van der Waals surface area contributed by atoms with Crippen molar-refractivity contribution >= 4 is 11.9 Å². The summed E-state index contributed by atoms with van der Waals surface area (Å²) in [5.41, 5.74) is 2.23. The van der Waals surface area contributed by atoms with Gasteiger partial charge in [-0.2, -0.15) is 0 Å². The maximum atomic E-state index is 4.48. The largest absolute Gasteiger partial charge is 0.356 e. The van der Waals surface area contributed by atoms with Crippen LogP contribution >= 0.6 is 0 Å². The van der Waals surface area contributed by atoms with Crippen LogP contribution in [0.5, 0.6) is 0 Å². The van der Waals surface area contributed by atoms with Gasteiger partial charge in [-0.05, 0) is 32.1 Å². The van der Waals surface area contributed by atoms with Crippen LogP contribution in [0.4, 0.5) is 5.82 Å². The first-order chi connectivity index (χ1) is 8.63. The zero-order chi connectivity index (χ0) is 13.1. The normalized spacial score (nSPS) is 23.1. The molecule has 0 saturated heterocycles. The molecule has 1 saturated carbocycles. The fourth-order valence-corrected chi connectivity index (χ4v) is 2.53. The summed E-state index contributed by atoms with van der Waals surface area (Å²) in [7, 11) is 2.15. The van der Waals surface area contributed by atoms with E-state index in [1.807, 2.05) is 0 Å². The van der Waals surface area contributed by atoms with Gasteiger partial charge in [0.1, 0.15) is 12.1 Å². The first-order valence-corrected chi connectivity index (χ1v) is 6.84. The molecule has 1 aromatic heterocycles. The summed E-state index contributed by atoms with van der Waals surface area (Å²) >= 11 is 0. The molecule has 2 rings (SSSR count). The molecule has 1 aliphatic rings. The summed E-state index contributed by atoms with van der Waals surface area (Å²) in [6.45, 7) is 6.51. The number of allylic oxidation sites excluding steroid dienone is 1. The van der Waals surface area contributed by atoms with Crippen LogP contribution in [-0.2, 0) is 0 Å². The van der Waals surface area contributed by atoms with Gasteiger partial charge in [0.2, 0.25) is 0 Å². The van der Waals surface area contributed by atoms with Crippen molar-refractivity contribution in [3.05, 3.63) is 23.7 Å². The van der Waals surface area contributed by atoms with Crippen molar-refractivity contribution in [1.82, 2.24) is 9.97 Å². The Morgan fingerprint density at radius 1 is 1.39 bits per heavy atom. The van der Waals surface area contributed by atoms with E-state index in [1.165, 1.54) is 18.4 Å². The molecular weight excluding hydrogens is 222 g/mol. The van der Waals surface area contributed by atoms with Crippen LogP contribution in [0.15, 0.2) is 12.4 Å². The molecule has 0 bridgehead atoms. The summed E-state index contributed by atoms with van der Waals surface area (Å²) in [5, 5.41) is 0. The predicted molar refractivity (Wildman–Crippen MR) is 76.7 cm³/mol. The van der Waals surface area contributed by atoms with Gasteiger partial charge in [0, 0.05) is 18.7 Å². The molecule has 0 radical (unpaired) electrons. The van der Waals surface area contributed by atoms with Crippen molar-refractivity contribution < 1.29 is 0 Å². The van der Waals surface area contributed by atoms with Crippen LogP contribution in [0.1, 0.15) is 44.4 Å². The van der Waals surface area contributed by atoms with Gasteiger partial charge in [-0.25, -0.2) is 9.97 Å². The number of aryl methyl sites for hydroxylation is 1. The van der Waals surface area contributed by atoms with E-state index in [9.17, 15) is 0 Å². The number of aromatic nitrogens is 2. The van der Waals surface area contributed by atoms with E-state index in [4.69, 9.17) is 0 Å². The lowest BCUT2D eigenvalue weighted by Crippen LogP contribution is -2.42. The van der Waals surface area contributed by atoms with Gasteiger partial charge in [0.15, 0.2) is 0 Å². The number of hydrogen-bond donors (Lipinski definition) is 0. The van der Waals surface area contributed by atoms with E-state index in [0.717, 1.165) is 23.9 Å². The number of nitrogens with zero attached hydrogens (tertiary/aromatic N) is 3. The van der Waals surface area contributed by atoms with E-state index in [1.54, 1.807) is 6.33 Å². The molecule has 0 N–H and O–H groups in total. The molecule has 0 aromatic carbocycles. The summed E-state index contributed by atoms with van der Waals surface area (Å²) in [5.74, 6) is 1.93. The average molecular weight is 245 g/mol. The molecule has 1 aliphatic carbocycles. The standard InChI is InChI=1S/C15H23N3/c1-5-6-7-14-12(3)16-10-17-15(14)18(4)13-8-11(2)9-13/h6-7,10-11,13H,5,8-9H2,1-4H3/b7-6-. The smallest absolute Gasteiger partial charge is 0.139 e. The molecule has 3 nitrogen and oxygen atoms in total. The Morgan fingerprint density at radius 2 is 2.11 bits per heavy atom. The Hall–Kier alpha value is -1.38. The van der Waals surface area contributed by atoms with Gasteiger partial charge in [-0.1, -0.05) is 26.0 Å². The molecule has 1 fully saturated rings. The number of anilines is 1. The Bertz CT molecular complexity index is 433. The molecule has 1 aromatic rings. The quantitative estimate of drug-likeness (QED) is 0.813. The summed E-state index contributed by atoms with van der Waals surface area (Å²) in [4.78, 5) is 11.1. The lowest BCUT2D eigenvalue weighted by atomic mass is 9.81. The molecule has 0 unspecified atom stereocenters. The van der Waals surface area contributed by atoms with Crippen molar-refractivity contribution in [2.24, 2.45) is 5.92 Å². The Morgan fingerprint density at radius 3 is 2.72 bits per heavy atom. The van der Waals surface area contributed by atoms with Crippen molar-refractivity contribution in [1.29, 1.82) is 0 Å². The second-order valence-corrected chi connectivity index (χ2v) is 5.35. The molecule has 1 heterocycles. The highest BCUT2D eigenvalue weighted by Crippen LogP contribution is 2.34. The topological polar surface area (TPSA) is 29.0 Å². The maximum Gasteiger partial charge on any atom is 0.139 e. The fourth-order valence-electron chi connectivity index (χ4n) is 2.53. The zero-order valence-corrected chi connectivity index (χ0v) is 11.8. The molecule has 3 heteroatoms. The van der Waals surface area contributed by atoms with Crippen LogP contribution in [0.2, 0.25) is 0 Å². The van der Waals surface area contributed by atoms with Gasteiger partial charge in [0.05, 0.1) is 5.69 Å². The summed E-state index contributed by atoms with van der Waals surface area (Å²) in [6, 6.07) is 0.642. The predicted octanol–water partition coefficient (Wildman–Crippen LogP) is 3.44. The Labute approximate surface area is 110 Å². The summed E-state index contributed by atoms with van der Waals surface area (Å²) < 4.78 is 0. The SMILES string of the molecule is CC/C=C\c1c(C)ncnc1N(C)C1CC(C)C1. The van der Waals surface area contributed by atoms with Crippen molar-refractivity contribution in [2.75, 3.05) is 11.9 Å². The third-order valence-electron chi connectivity index (χ3n) is 3.81. The second-order valence-electron chi connectivity index (χ2n) is 5.35. The van der Waals surface area contributed by atoms with Gasteiger partial charge in [0.25, 0.3) is 0 Å². The monoisotopic (exact) mass is 245 g/mol. The zero-order valence-electron chi connectivity index (χ0n) is 11.8. The van der Waals surface area contributed by atoms with Crippen molar-refractivity contribution in [3.8, 4) is 0 Å². The molecule has 0 atom stereocenters. The highest BCUT2D eigenvalue weighted by atomic mass is 15.2. The molecule has 0 spiro atoms. The van der Waals surface area contributed by atoms with Crippen LogP contribution in [0.25, 0.3) is 6.08 Å². The van der Waals surface area contributed by atoms with Crippen LogP contribution in [0, 0.1) is 12.8 Å². The maximum absolute atomic E-state index is 4.48. The van der Waals surface area contributed by atoms with E-state index in [-0.39, 0.29) is 0 Å². The van der Waals surface area contributed by atoms with Gasteiger partial charge >= 0.3 is 0 Å². The van der Waals surface area contributed by atoms with Crippen LogP contribution in [0.3, 0.4) is 0 Å². The van der Waals surface area contributed by atoms with E-state index >= 15 is 0 Å². The average Bonchev–Trinajstić information content (AvgIpc) is 2.32. The van der Waals surface area contributed by atoms with Crippen molar-refractivity contribution in [3.63, 3.8) is 0 Å². The van der Waals surface area contributed by atoms with Gasteiger partial charge < -0.3 is 4.90 Å². The minimum atomic E-state index is 0.642. The first-order valence-electron chi connectivity index (χ1n) is 6.84. The van der Waals surface area contributed by atoms with Crippen LogP contribution in [-0.4, -0.2) is 23.1 Å². The van der Waals surface area contributed by atoms with Gasteiger partial charge in [-0.15, -0.1) is 0 Å². The Balaban J connectivity index is 2.26. The minimum absolute atomic E-state index is 0.642.